The number of nitrogens with zero attached hydrogens (tertiary/aromatic N) is 2. The summed E-state index contributed by atoms with van der Waals surface area (Å²) in [5.41, 5.74) is 0.819. The van der Waals surface area contributed by atoms with Crippen LogP contribution in [-0.4, -0.2) is 56.1 Å². The van der Waals surface area contributed by atoms with E-state index in [0.29, 0.717) is 24.9 Å². The maximum Gasteiger partial charge on any atom is 0.234 e. The molecule has 1 saturated heterocycles. The number of carbonyl (C=O) groups is 1. The van der Waals surface area contributed by atoms with Crippen LogP contribution in [0.3, 0.4) is 0 Å². The van der Waals surface area contributed by atoms with Gasteiger partial charge in [0.1, 0.15) is 0 Å². The Morgan fingerprint density at radius 3 is 2.58 bits per heavy atom. The van der Waals surface area contributed by atoms with Gasteiger partial charge in [0.2, 0.25) is 15.9 Å². The molecule has 1 saturated carbocycles. The normalized spacial score (nSPS) is 23.0. The van der Waals surface area contributed by atoms with E-state index < -0.39 is 10.0 Å². The molecule has 26 heavy (non-hydrogen) atoms. The van der Waals surface area contributed by atoms with Crippen molar-refractivity contribution in [1.82, 2.24) is 19.9 Å². The molecule has 0 unspecified atom stereocenters. The minimum absolute atomic E-state index is 0. The predicted octanol–water partition coefficient (Wildman–Crippen LogP) is 0.801. The minimum Gasteiger partial charge on any atom is -0.349 e. The Bertz CT molecular complexity index is 686. The van der Waals surface area contributed by atoms with Crippen molar-refractivity contribution >= 4 is 40.7 Å². The third-order valence-corrected chi connectivity index (χ3v) is 5.32. The van der Waals surface area contributed by atoms with Gasteiger partial charge < -0.3 is 5.32 Å². The maximum absolute atomic E-state index is 12.1. The quantitative estimate of drug-likeness (QED) is 0.675. The third kappa shape index (κ3) is 7.00. The van der Waals surface area contributed by atoms with Crippen LogP contribution in [0, 0.1) is 11.8 Å². The van der Waals surface area contributed by atoms with Crippen molar-refractivity contribution in [3.05, 3.63) is 30.1 Å². The molecule has 0 bridgehead atoms. The number of nitrogens with one attached hydrogen (secondary N) is 2. The summed E-state index contributed by atoms with van der Waals surface area (Å²) in [5, 5.41) is 2.87. The zero-order chi connectivity index (χ0) is 17.2. The minimum atomic E-state index is -3.23. The van der Waals surface area contributed by atoms with Gasteiger partial charge in [-0.15, -0.1) is 24.8 Å². The molecule has 148 valence electrons. The Balaban J connectivity index is 0.00000169. The smallest absolute Gasteiger partial charge is 0.234 e. The molecule has 1 aromatic rings. The Morgan fingerprint density at radius 2 is 2.00 bits per heavy atom. The molecule has 2 fully saturated rings. The number of carbonyl (C=O) groups excluding carboxylic acids is 1. The molecule has 1 aromatic heterocycles. The lowest BCUT2D eigenvalue weighted by Crippen LogP contribution is -2.41. The van der Waals surface area contributed by atoms with Crippen LogP contribution in [0.1, 0.15) is 18.5 Å². The highest BCUT2D eigenvalue weighted by Crippen LogP contribution is 2.41. The Hall–Kier alpha value is -0.930. The van der Waals surface area contributed by atoms with Crippen LogP contribution < -0.4 is 10.0 Å². The molecule has 1 aliphatic heterocycles. The lowest BCUT2D eigenvalue weighted by atomic mass is 9.99. The molecule has 2 heterocycles. The third-order valence-electron chi connectivity index (χ3n) is 4.59. The van der Waals surface area contributed by atoms with Gasteiger partial charge in [-0.2, -0.15) is 0 Å². The summed E-state index contributed by atoms with van der Waals surface area (Å²) in [6, 6.07) is 5.50. The molecule has 3 rings (SSSR count). The number of sulfonamides is 1. The molecule has 0 radical (unpaired) electrons. The van der Waals surface area contributed by atoms with Gasteiger partial charge in [0.05, 0.1) is 25.0 Å². The van der Waals surface area contributed by atoms with Crippen molar-refractivity contribution in [3.8, 4) is 0 Å². The Labute approximate surface area is 167 Å². The van der Waals surface area contributed by atoms with Gasteiger partial charge in [-0.1, -0.05) is 6.07 Å². The van der Waals surface area contributed by atoms with Gasteiger partial charge >= 0.3 is 0 Å². The van der Waals surface area contributed by atoms with E-state index in [4.69, 9.17) is 0 Å². The lowest BCUT2D eigenvalue weighted by Gasteiger charge is -2.17. The number of hydrogen-bond donors (Lipinski definition) is 2. The van der Waals surface area contributed by atoms with Gasteiger partial charge in [-0.25, -0.2) is 13.1 Å². The highest BCUT2D eigenvalue weighted by Gasteiger charge is 2.43. The fraction of sp³-hybridized carbons (Fsp3) is 0.625. The number of likely N-dealkylation sites (tertiary alicyclic amines) is 1. The van der Waals surface area contributed by atoms with Gasteiger partial charge in [0.25, 0.3) is 0 Å². The average molecular weight is 425 g/mol. The molecule has 0 spiro atoms. The first-order chi connectivity index (χ1) is 11.4. The van der Waals surface area contributed by atoms with Crippen LogP contribution in [0.15, 0.2) is 24.4 Å². The van der Waals surface area contributed by atoms with Crippen LogP contribution in [0.5, 0.6) is 0 Å². The van der Waals surface area contributed by atoms with Crippen LogP contribution in [0.2, 0.25) is 0 Å². The molecule has 2 aliphatic rings. The predicted molar refractivity (Wildman–Crippen MR) is 105 cm³/mol. The second-order valence-corrected chi connectivity index (χ2v) is 8.57. The zero-order valence-corrected chi connectivity index (χ0v) is 17.1. The van der Waals surface area contributed by atoms with Crippen molar-refractivity contribution < 1.29 is 13.2 Å². The summed E-state index contributed by atoms with van der Waals surface area (Å²) < 4.78 is 25.8. The molecular weight excluding hydrogens is 399 g/mol. The average Bonchev–Trinajstić information content (AvgIpc) is 3.28. The second kappa shape index (κ2) is 9.85. The summed E-state index contributed by atoms with van der Waals surface area (Å²) in [6.07, 6.45) is 5.21. The largest absolute Gasteiger partial charge is 0.349 e. The first-order valence-corrected chi connectivity index (χ1v) is 10.2. The summed E-state index contributed by atoms with van der Waals surface area (Å²) in [7, 11) is -3.23. The number of amides is 1. The molecule has 2 atom stereocenters. The van der Waals surface area contributed by atoms with E-state index in [2.05, 4.69) is 15.0 Å². The fourth-order valence-corrected chi connectivity index (χ4v) is 4.19. The van der Waals surface area contributed by atoms with Crippen LogP contribution in [0.4, 0.5) is 0 Å². The lowest BCUT2D eigenvalue weighted by molar-refractivity contribution is -0.122. The molecular formula is C16H26Cl2N4O3S. The summed E-state index contributed by atoms with van der Waals surface area (Å²) in [4.78, 5) is 18.4. The topological polar surface area (TPSA) is 91.4 Å². The van der Waals surface area contributed by atoms with E-state index >= 15 is 0 Å². The van der Waals surface area contributed by atoms with E-state index in [0.717, 1.165) is 25.1 Å². The van der Waals surface area contributed by atoms with Crippen molar-refractivity contribution in [2.75, 3.05) is 25.9 Å². The molecule has 1 amide bonds. The Morgan fingerprint density at radius 1 is 1.27 bits per heavy atom. The van der Waals surface area contributed by atoms with Crippen molar-refractivity contribution in [2.45, 2.75) is 25.4 Å². The molecule has 2 N–H and O–H groups in total. The molecule has 10 heteroatoms. The Kier molecular flexibility index (Phi) is 8.75. The van der Waals surface area contributed by atoms with Crippen LogP contribution in [0.25, 0.3) is 0 Å². The maximum atomic E-state index is 12.1. The molecule has 7 nitrogen and oxygen atoms in total. The first-order valence-electron chi connectivity index (χ1n) is 8.27. The van der Waals surface area contributed by atoms with Crippen LogP contribution >= 0.6 is 24.8 Å². The first kappa shape index (κ1) is 23.1. The highest BCUT2D eigenvalue weighted by atomic mass is 35.5. The fourth-order valence-electron chi connectivity index (χ4n) is 3.40. The number of hydrogen-bond acceptors (Lipinski definition) is 5. The van der Waals surface area contributed by atoms with E-state index in [9.17, 15) is 13.2 Å². The summed E-state index contributed by atoms with van der Waals surface area (Å²) in [6.45, 7) is 2.06. The van der Waals surface area contributed by atoms with E-state index in [1.54, 1.807) is 6.20 Å². The molecule has 0 aromatic carbocycles. The van der Waals surface area contributed by atoms with Gasteiger partial charge in [0.15, 0.2) is 0 Å². The monoisotopic (exact) mass is 424 g/mol. The standard InChI is InChI=1S/C16H24N4O3S.2ClH/c1-24(22,23)19-15-10-20(9-14(15)12-5-6-12)11-16(21)18-8-13-4-2-3-7-17-13;;/h2-4,7,12,14-15,19H,5-6,8-11H2,1H3,(H,18,21);2*1H/t14-,15+;;/m1../s1. The summed E-state index contributed by atoms with van der Waals surface area (Å²) in [5.74, 6) is 0.837. The van der Waals surface area contributed by atoms with E-state index in [-0.39, 0.29) is 43.3 Å². The second-order valence-electron chi connectivity index (χ2n) is 6.79. The van der Waals surface area contributed by atoms with Gasteiger partial charge in [0, 0.05) is 25.3 Å². The number of pyridine rings is 1. The van der Waals surface area contributed by atoms with Gasteiger partial charge in [-0.3, -0.25) is 14.7 Å². The van der Waals surface area contributed by atoms with E-state index in [1.165, 1.54) is 6.26 Å². The SMILES string of the molecule is CS(=O)(=O)N[C@H]1CN(CC(=O)NCc2ccccn2)C[C@@H]1C1CC1.Cl.Cl. The summed E-state index contributed by atoms with van der Waals surface area (Å²) >= 11 is 0. The number of halogens is 2. The zero-order valence-electron chi connectivity index (χ0n) is 14.6. The van der Waals surface area contributed by atoms with Crippen molar-refractivity contribution in [1.29, 1.82) is 0 Å². The van der Waals surface area contributed by atoms with E-state index in [1.807, 2.05) is 23.1 Å². The van der Waals surface area contributed by atoms with Crippen LogP contribution in [-0.2, 0) is 21.4 Å². The van der Waals surface area contributed by atoms with Crippen molar-refractivity contribution in [2.24, 2.45) is 11.8 Å². The highest BCUT2D eigenvalue weighted by molar-refractivity contribution is 7.88. The molecule has 1 aliphatic carbocycles. The van der Waals surface area contributed by atoms with Crippen molar-refractivity contribution in [3.63, 3.8) is 0 Å². The number of aromatic nitrogens is 1. The number of rotatable bonds is 7. The van der Waals surface area contributed by atoms with Gasteiger partial charge in [-0.05, 0) is 36.8 Å².